The molecule has 1 fully saturated rings. The summed E-state index contributed by atoms with van der Waals surface area (Å²) in [6.07, 6.45) is -2.43. The first-order valence-electron chi connectivity index (χ1n) is 6.65. The number of likely N-dealkylation sites (tertiary alicyclic amines) is 1. The zero-order valence-electron chi connectivity index (χ0n) is 11.7. The molecule has 1 aromatic rings. The van der Waals surface area contributed by atoms with Crippen LogP contribution in [0, 0.1) is 5.82 Å². The Morgan fingerprint density at radius 1 is 1.33 bits per heavy atom. The van der Waals surface area contributed by atoms with Gasteiger partial charge in [0.1, 0.15) is 5.82 Å². The number of nitrogens with zero attached hydrogens (tertiary/aromatic N) is 1. The maximum Gasteiger partial charge on any atom is 0.416 e. The average molecular weight is 327 g/mol. The van der Waals surface area contributed by atoms with Crippen molar-refractivity contribution in [1.29, 1.82) is 0 Å². The lowest BCUT2D eigenvalue weighted by Gasteiger charge is -2.32. The fraction of sp³-hybridized carbons (Fsp3) is 0.571. The van der Waals surface area contributed by atoms with E-state index in [9.17, 15) is 17.6 Å². The van der Waals surface area contributed by atoms with Gasteiger partial charge in [-0.2, -0.15) is 13.2 Å². The standard InChI is InChI=1S/C14H18F4N2.ClH/c1-19-12-3-2-6-20(9-12)8-10-7-11(14(16,17)18)4-5-13(10)15;/h4-5,7,12,19H,2-3,6,8-9H2,1H3;1H. The topological polar surface area (TPSA) is 15.3 Å². The predicted molar refractivity (Wildman–Crippen MR) is 76.0 cm³/mol. The molecular formula is C14H19ClF4N2. The van der Waals surface area contributed by atoms with Crippen LogP contribution in [0.1, 0.15) is 24.0 Å². The van der Waals surface area contributed by atoms with Gasteiger partial charge in [0.15, 0.2) is 0 Å². The highest BCUT2D eigenvalue weighted by atomic mass is 35.5. The van der Waals surface area contributed by atoms with Crippen LogP contribution in [0.3, 0.4) is 0 Å². The van der Waals surface area contributed by atoms with E-state index in [1.807, 2.05) is 11.9 Å². The van der Waals surface area contributed by atoms with Crippen molar-refractivity contribution in [3.8, 4) is 0 Å². The van der Waals surface area contributed by atoms with Gasteiger partial charge in [0, 0.05) is 24.7 Å². The number of alkyl halides is 3. The zero-order valence-corrected chi connectivity index (χ0v) is 12.5. The first-order valence-corrected chi connectivity index (χ1v) is 6.65. The van der Waals surface area contributed by atoms with Crippen molar-refractivity contribution >= 4 is 12.4 Å². The molecule has 0 aliphatic carbocycles. The van der Waals surface area contributed by atoms with Crippen molar-refractivity contribution in [2.45, 2.75) is 31.6 Å². The fourth-order valence-electron chi connectivity index (χ4n) is 2.55. The molecule has 7 heteroatoms. The number of benzene rings is 1. The van der Waals surface area contributed by atoms with E-state index in [2.05, 4.69) is 5.32 Å². The molecule has 1 aliphatic heterocycles. The third-order valence-corrected chi connectivity index (χ3v) is 3.68. The Hall–Kier alpha value is -0.850. The van der Waals surface area contributed by atoms with E-state index in [1.54, 1.807) is 0 Å². The van der Waals surface area contributed by atoms with E-state index in [0.29, 0.717) is 6.04 Å². The normalized spacial score (nSPS) is 20.1. The van der Waals surface area contributed by atoms with Gasteiger partial charge in [0.2, 0.25) is 0 Å². The van der Waals surface area contributed by atoms with Crippen molar-refractivity contribution in [3.05, 3.63) is 35.1 Å². The van der Waals surface area contributed by atoms with E-state index in [1.165, 1.54) is 0 Å². The van der Waals surface area contributed by atoms with Crippen LogP contribution in [-0.4, -0.2) is 31.1 Å². The summed E-state index contributed by atoms with van der Waals surface area (Å²) in [4.78, 5) is 1.99. The molecule has 1 aromatic carbocycles. The predicted octanol–water partition coefficient (Wildman–Crippen LogP) is 3.45. The second kappa shape index (κ2) is 7.42. The van der Waals surface area contributed by atoms with E-state index in [4.69, 9.17) is 0 Å². The van der Waals surface area contributed by atoms with Gasteiger partial charge in [-0.05, 0) is 44.6 Å². The second-order valence-corrected chi connectivity index (χ2v) is 5.17. The summed E-state index contributed by atoms with van der Waals surface area (Å²) >= 11 is 0. The SMILES string of the molecule is CNC1CCCN(Cc2cc(C(F)(F)F)ccc2F)C1.Cl. The van der Waals surface area contributed by atoms with Crippen molar-refractivity contribution in [1.82, 2.24) is 10.2 Å². The second-order valence-electron chi connectivity index (χ2n) is 5.17. The third kappa shape index (κ3) is 4.83. The molecule has 1 atom stereocenters. The van der Waals surface area contributed by atoms with Crippen LogP contribution in [0.25, 0.3) is 0 Å². The van der Waals surface area contributed by atoms with Crippen LogP contribution in [0.4, 0.5) is 17.6 Å². The number of likely N-dealkylation sites (N-methyl/N-ethyl adjacent to an activating group) is 1. The first kappa shape index (κ1) is 18.2. The highest BCUT2D eigenvalue weighted by molar-refractivity contribution is 5.85. The molecule has 0 bridgehead atoms. The third-order valence-electron chi connectivity index (χ3n) is 3.68. The monoisotopic (exact) mass is 326 g/mol. The van der Waals surface area contributed by atoms with Crippen LogP contribution in [0.15, 0.2) is 18.2 Å². The molecule has 120 valence electrons. The Balaban J connectivity index is 0.00000220. The summed E-state index contributed by atoms with van der Waals surface area (Å²) in [6.45, 7) is 1.73. The molecule has 0 spiro atoms. The molecule has 0 radical (unpaired) electrons. The molecule has 0 saturated carbocycles. The Morgan fingerprint density at radius 3 is 2.67 bits per heavy atom. The minimum atomic E-state index is -4.43. The number of nitrogens with one attached hydrogen (secondary N) is 1. The summed E-state index contributed by atoms with van der Waals surface area (Å²) in [6, 6.07) is 2.92. The number of piperidine rings is 1. The molecule has 1 N–H and O–H groups in total. The minimum absolute atomic E-state index is 0. The lowest BCUT2D eigenvalue weighted by Crippen LogP contribution is -2.44. The van der Waals surface area contributed by atoms with Gasteiger partial charge in [-0.3, -0.25) is 4.90 Å². The largest absolute Gasteiger partial charge is 0.416 e. The smallest absolute Gasteiger partial charge is 0.316 e. The van der Waals surface area contributed by atoms with E-state index in [0.717, 1.165) is 44.1 Å². The molecule has 2 rings (SSSR count). The minimum Gasteiger partial charge on any atom is -0.316 e. The van der Waals surface area contributed by atoms with Crippen LogP contribution in [0.5, 0.6) is 0 Å². The maximum absolute atomic E-state index is 13.7. The molecule has 21 heavy (non-hydrogen) atoms. The van der Waals surface area contributed by atoms with Crippen molar-refractivity contribution in [2.24, 2.45) is 0 Å². The Morgan fingerprint density at radius 2 is 2.05 bits per heavy atom. The first-order chi connectivity index (χ1) is 9.40. The Labute approximate surface area is 127 Å². The molecule has 2 nitrogen and oxygen atoms in total. The van der Waals surface area contributed by atoms with Crippen LogP contribution >= 0.6 is 12.4 Å². The number of hydrogen-bond donors (Lipinski definition) is 1. The van der Waals surface area contributed by atoms with Gasteiger partial charge < -0.3 is 5.32 Å². The molecular weight excluding hydrogens is 308 g/mol. The van der Waals surface area contributed by atoms with Gasteiger partial charge in [-0.1, -0.05) is 0 Å². The Bertz CT molecular complexity index is 465. The van der Waals surface area contributed by atoms with E-state index in [-0.39, 0.29) is 24.5 Å². The Kier molecular flexibility index (Phi) is 6.43. The summed E-state index contributed by atoms with van der Waals surface area (Å²) in [5.74, 6) is -0.579. The fourth-order valence-corrected chi connectivity index (χ4v) is 2.55. The summed E-state index contributed by atoms with van der Waals surface area (Å²) in [7, 11) is 1.86. The highest BCUT2D eigenvalue weighted by Crippen LogP contribution is 2.30. The molecule has 0 aromatic heterocycles. The van der Waals surface area contributed by atoms with Crippen molar-refractivity contribution < 1.29 is 17.6 Å². The van der Waals surface area contributed by atoms with E-state index >= 15 is 0 Å². The van der Waals surface area contributed by atoms with Gasteiger partial charge >= 0.3 is 6.18 Å². The zero-order chi connectivity index (χ0) is 14.8. The molecule has 1 saturated heterocycles. The molecule has 0 amide bonds. The molecule has 1 aliphatic rings. The summed E-state index contributed by atoms with van der Waals surface area (Å²) in [5, 5.41) is 3.15. The highest BCUT2D eigenvalue weighted by Gasteiger charge is 2.31. The maximum atomic E-state index is 13.7. The van der Waals surface area contributed by atoms with Gasteiger partial charge in [-0.25, -0.2) is 4.39 Å². The average Bonchev–Trinajstić information content (AvgIpc) is 2.40. The van der Waals surface area contributed by atoms with Crippen molar-refractivity contribution in [3.63, 3.8) is 0 Å². The van der Waals surface area contributed by atoms with Crippen LogP contribution in [-0.2, 0) is 12.7 Å². The van der Waals surface area contributed by atoms with Crippen LogP contribution < -0.4 is 5.32 Å². The number of hydrogen-bond acceptors (Lipinski definition) is 2. The number of rotatable bonds is 3. The lowest BCUT2D eigenvalue weighted by atomic mass is 10.0. The van der Waals surface area contributed by atoms with Crippen LogP contribution in [0.2, 0.25) is 0 Å². The number of halogens is 5. The lowest BCUT2D eigenvalue weighted by molar-refractivity contribution is -0.137. The van der Waals surface area contributed by atoms with Crippen molar-refractivity contribution in [2.75, 3.05) is 20.1 Å². The van der Waals surface area contributed by atoms with Gasteiger partial charge in [0.25, 0.3) is 0 Å². The van der Waals surface area contributed by atoms with Gasteiger partial charge in [-0.15, -0.1) is 12.4 Å². The summed E-state index contributed by atoms with van der Waals surface area (Å²) in [5.41, 5.74) is -0.687. The quantitative estimate of drug-likeness (QED) is 0.856. The van der Waals surface area contributed by atoms with Gasteiger partial charge in [0.05, 0.1) is 5.56 Å². The molecule has 1 unspecified atom stereocenters. The molecule has 1 heterocycles. The van der Waals surface area contributed by atoms with E-state index < -0.39 is 17.6 Å². The summed E-state index contributed by atoms with van der Waals surface area (Å²) < 4.78 is 51.6.